The first kappa shape index (κ1) is 15.2. The molecule has 1 aliphatic heterocycles. The summed E-state index contributed by atoms with van der Waals surface area (Å²) >= 11 is 0. The highest BCUT2D eigenvalue weighted by Gasteiger charge is 2.39. The van der Waals surface area contributed by atoms with Crippen molar-refractivity contribution in [2.24, 2.45) is 0 Å². The van der Waals surface area contributed by atoms with Gasteiger partial charge >= 0.3 is 6.16 Å². The summed E-state index contributed by atoms with van der Waals surface area (Å²) in [5.74, 6) is 0.257. The second-order valence-corrected chi connectivity index (χ2v) is 4.82. The zero-order valence-corrected chi connectivity index (χ0v) is 12.0. The van der Waals surface area contributed by atoms with Crippen LogP contribution in [0.15, 0.2) is 25.5 Å². The third-order valence-electron chi connectivity index (χ3n) is 3.48. The van der Waals surface area contributed by atoms with Crippen LogP contribution in [-0.4, -0.2) is 49.6 Å². The maximum Gasteiger partial charge on any atom is 0.513 e. The number of carbonyl (C=O) groups excluding carboxylic acids is 1. The molecular weight excluding hydrogens is 306 g/mol. The molecule has 3 heterocycles. The summed E-state index contributed by atoms with van der Waals surface area (Å²) in [7, 11) is 0. The minimum absolute atomic E-state index is 0.257. The van der Waals surface area contributed by atoms with Gasteiger partial charge in [-0.1, -0.05) is 6.58 Å². The number of rotatable bonds is 4. The Hall–Kier alpha value is -2.72. The molecule has 23 heavy (non-hydrogen) atoms. The summed E-state index contributed by atoms with van der Waals surface area (Å²) in [6.07, 6.45) is 1.31. The van der Waals surface area contributed by atoms with Crippen LogP contribution in [0.5, 0.6) is 0 Å². The maximum atomic E-state index is 11.4. The third-order valence-corrected chi connectivity index (χ3v) is 3.48. The van der Waals surface area contributed by atoms with Crippen LogP contribution in [0.4, 0.5) is 10.6 Å². The average molecular weight is 321 g/mol. The van der Waals surface area contributed by atoms with Crippen LogP contribution >= 0.6 is 0 Å². The van der Waals surface area contributed by atoms with Gasteiger partial charge < -0.3 is 25.1 Å². The van der Waals surface area contributed by atoms with Crippen molar-refractivity contribution >= 4 is 23.1 Å². The van der Waals surface area contributed by atoms with Crippen LogP contribution in [-0.2, 0) is 14.2 Å². The molecule has 3 atom stereocenters. The van der Waals surface area contributed by atoms with E-state index >= 15 is 0 Å². The molecule has 1 fully saturated rings. The van der Waals surface area contributed by atoms with E-state index in [-0.39, 0.29) is 12.4 Å². The van der Waals surface area contributed by atoms with Gasteiger partial charge in [0.2, 0.25) is 0 Å². The van der Waals surface area contributed by atoms with Gasteiger partial charge in [-0.2, -0.15) is 0 Å². The molecule has 3 N–H and O–H groups in total. The van der Waals surface area contributed by atoms with Crippen molar-refractivity contribution in [3.05, 3.63) is 25.5 Å². The Kier molecular flexibility index (Phi) is 4.08. The van der Waals surface area contributed by atoms with Crippen LogP contribution < -0.4 is 5.73 Å². The molecule has 2 aromatic rings. The molecule has 0 saturated carbocycles. The largest absolute Gasteiger partial charge is 0.513 e. The van der Waals surface area contributed by atoms with Crippen LogP contribution in [0.1, 0.15) is 12.6 Å². The summed E-state index contributed by atoms with van der Waals surface area (Å²) in [5.41, 5.74) is 6.69. The average Bonchev–Trinajstić information content (AvgIpc) is 3.12. The van der Waals surface area contributed by atoms with Crippen molar-refractivity contribution in [3.8, 4) is 0 Å². The highest BCUT2D eigenvalue weighted by molar-refractivity contribution is 5.81. The van der Waals surface area contributed by atoms with Gasteiger partial charge in [0.1, 0.15) is 30.3 Å². The number of hydrogen-bond acceptors (Lipinski definition) is 9. The predicted molar refractivity (Wildman–Crippen MR) is 76.9 cm³/mol. The first-order valence-electron chi connectivity index (χ1n) is 6.81. The van der Waals surface area contributed by atoms with Gasteiger partial charge in [0.25, 0.3) is 0 Å². The SMILES string of the molecule is C=COC(=O)O[C@H]1C[C@H](n2cnc3c(N)ncnc32)O[C@@H]1CO. The molecule has 10 nitrogen and oxygen atoms in total. The van der Waals surface area contributed by atoms with Gasteiger partial charge in [-0.25, -0.2) is 19.7 Å². The number of nitrogens with two attached hydrogens (primary N) is 1. The molecular formula is C13H15N5O5. The monoisotopic (exact) mass is 321 g/mol. The minimum atomic E-state index is -0.908. The number of nitrogens with zero attached hydrogens (tertiary/aromatic N) is 4. The molecule has 0 aromatic carbocycles. The lowest BCUT2D eigenvalue weighted by atomic mass is 10.2. The van der Waals surface area contributed by atoms with Gasteiger partial charge in [-0.15, -0.1) is 0 Å². The van der Waals surface area contributed by atoms with Crippen molar-refractivity contribution in [2.45, 2.75) is 24.9 Å². The Balaban J connectivity index is 1.82. The summed E-state index contributed by atoms with van der Waals surface area (Å²) in [5, 5.41) is 9.40. The maximum absolute atomic E-state index is 11.4. The molecule has 2 aromatic heterocycles. The van der Waals surface area contributed by atoms with Gasteiger partial charge in [-0.05, 0) is 0 Å². The number of carbonyl (C=O) groups is 1. The fourth-order valence-electron chi connectivity index (χ4n) is 2.46. The first-order chi connectivity index (χ1) is 11.1. The number of nitrogen functional groups attached to an aromatic ring is 1. The molecule has 3 rings (SSSR count). The van der Waals surface area contributed by atoms with Crippen LogP contribution in [0.25, 0.3) is 11.2 Å². The summed E-state index contributed by atoms with van der Waals surface area (Å²) in [6, 6.07) is 0. The molecule has 122 valence electrons. The van der Waals surface area contributed by atoms with E-state index in [4.69, 9.17) is 15.2 Å². The van der Waals surface area contributed by atoms with Crippen molar-refractivity contribution in [1.82, 2.24) is 19.5 Å². The molecule has 0 amide bonds. The number of hydrogen-bond donors (Lipinski definition) is 2. The first-order valence-corrected chi connectivity index (χ1v) is 6.81. The summed E-state index contributed by atoms with van der Waals surface area (Å²) in [4.78, 5) is 23.6. The fourth-order valence-corrected chi connectivity index (χ4v) is 2.46. The normalized spacial score (nSPS) is 23.8. The fraction of sp³-hybridized carbons (Fsp3) is 0.385. The summed E-state index contributed by atoms with van der Waals surface area (Å²) in [6.45, 7) is 2.96. The molecule has 1 saturated heterocycles. The van der Waals surface area contributed by atoms with Gasteiger partial charge in [-0.3, -0.25) is 4.57 Å². The lowest BCUT2D eigenvalue weighted by Crippen LogP contribution is -2.29. The highest BCUT2D eigenvalue weighted by Crippen LogP contribution is 2.33. The van der Waals surface area contributed by atoms with Crippen LogP contribution in [0.2, 0.25) is 0 Å². The zero-order chi connectivity index (χ0) is 16.4. The lowest BCUT2D eigenvalue weighted by Gasteiger charge is -2.15. The van der Waals surface area contributed by atoms with Crippen LogP contribution in [0.3, 0.4) is 0 Å². The Bertz CT molecular complexity index is 733. The van der Waals surface area contributed by atoms with Crippen LogP contribution in [0, 0.1) is 0 Å². The van der Waals surface area contributed by atoms with E-state index in [0.29, 0.717) is 17.6 Å². The van der Waals surface area contributed by atoms with Crippen molar-refractivity contribution < 1.29 is 24.1 Å². The number of anilines is 1. The Labute approximate surface area is 130 Å². The molecule has 0 spiro atoms. The topological polar surface area (TPSA) is 135 Å². The number of aliphatic hydroxyl groups excluding tert-OH is 1. The van der Waals surface area contributed by atoms with E-state index in [1.54, 1.807) is 4.57 Å². The second kappa shape index (κ2) is 6.18. The number of ether oxygens (including phenoxy) is 3. The summed E-state index contributed by atoms with van der Waals surface area (Å²) < 4.78 is 17.0. The van der Waals surface area contributed by atoms with Gasteiger partial charge in [0, 0.05) is 6.42 Å². The van der Waals surface area contributed by atoms with E-state index in [2.05, 4.69) is 26.3 Å². The molecule has 0 aliphatic carbocycles. The molecule has 1 aliphatic rings. The van der Waals surface area contributed by atoms with E-state index in [9.17, 15) is 9.90 Å². The number of imidazole rings is 1. The van der Waals surface area contributed by atoms with E-state index in [1.807, 2.05) is 0 Å². The quantitative estimate of drug-likeness (QED) is 0.604. The molecule has 0 unspecified atom stereocenters. The van der Waals surface area contributed by atoms with E-state index in [1.165, 1.54) is 12.7 Å². The Morgan fingerprint density at radius 1 is 1.57 bits per heavy atom. The number of aliphatic hydroxyl groups is 1. The van der Waals surface area contributed by atoms with E-state index in [0.717, 1.165) is 6.26 Å². The van der Waals surface area contributed by atoms with Crippen molar-refractivity contribution in [1.29, 1.82) is 0 Å². The third kappa shape index (κ3) is 2.81. The molecule has 10 heteroatoms. The van der Waals surface area contributed by atoms with Gasteiger partial charge in [0.15, 0.2) is 11.5 Å². The lowest BCUT2D eigenvalue weighted by molar-refractivity contribution is -0.0520. The Morgan fingerprint density at radius 2 is 2.39 bits per heavy atom. The van der Waals surface area contributed by atoms with E-state index < -0.39 is 24.6 Å². The smallest absolute Gasteiger partial charge is 0.428 e. The number of aromatic nitrogens is 4. The van der Waals surface area contributed by atoms with Crippen molar-refractivity contribution in [2.75, 3.05) is 12.3 Å². The zero-order valence-electron chi connectivity index (χ0n) is 12.0. The molecule has 0 radical (unpaired) electrons. The molecule has 0 bridgehead atoms. The number of fused-ring (bicyclic) bond motifs is 1. The minimum Gasteiger partial charge on any atom is -0.428 e. The predicted octanol–water partition coefficient (Wildman–Crippen LogP) is 0.354. The standard InChI is InChI=1S/C13H15N5O5/c1-2-21-13(20)23-7-3-9(22-8(7)4-19)18-6-17-10-11(14)15-5-16-12(10)18/h2,5-9,19H,1,3-4H2,(H2,14,15,16)/t7-,8+,9+/m0/s1. The highest BCUT2D eigenvalue weighted by atomic mass is 16.7. The van der Waals surface area contributed by atoms with Crippen molar-refractivity contribution in [3.63, 3.8) is 0 Å². The van der Waals surface area contributed by atoms with Gasteiger partial charge in [0.05, 0.1) is 19.2 Å². The second-order valence-electron chi connectivity index (χ2n) is 4.82. The Morgan fingerprint density at radius 3 is 3.13 bits per heavy atom.